The van der Waals surface area contributed by atoms with Gasteiger partial charge in [-0.3, -0.25) is 14.5 Å². The van der Waals surface area contributed by atoms with Gasteiger partial charge in [-0.25, -0.2) is 0 Å². The van der Waals surface area contributed by atoms with Crippen molar-refractivity contribution in [3.8, 4) is 0 Å². The summed E-state index contributed by atoms with van der Waals surface area (Å²) in [5.74, 6) is -0.802. The lowest BCUT2D eigenvalue weighted by Crippen LogP contribution is -2.40. The molecule has 0 bridgehead atoms. The summed E-state index contributed by atoms with van der Waals surface area (Å²) >= 11 is 0. The van der Waals surface area contributed by atoms with E-state index in [0.717, 1.165) is 19.3 Å². The summed E-state index contributed by atoms with van der Waals surface area (Å²) in [7, 11) is 3.63. The van der Waals surface area contributed by atoms with Crippen molar-refractivity contribution in [1.29, 1.82) is 0 Å². The standard InChI is InChI=1S/C17H24N2O3.ClH/c1-18(11-10-17(21)22)12-16(20)19(2)15-9-5-7-13-6-3-4-8-14(13)15;/h3-4,6,8,15H,5,7,9-12H2,1-2H3,(H,21,22);1H. The fraction of sp³-hybridized carbons (Fsp3) is 0.529. The number of carboxylic acid groups (broad SMARTS) is 1. The maximum absolute atomic E-state index is 12.4. The number of carbonyl (C=O) groups is 2. The zero-order valence-corrected chi connectivity index (χ0v) is 14.5. The smallest absolute Gasteiger partial charge is 0.304 e. The number of halogens is 1. The molecule has 2 rings (SSSR count). The molecule has 1 aromatic carbocycles. The van der Waals surface area contributed by atoms with Crippen LogP contribution in [-0.2, 0) is 16.0 Å². The van der Waals surface area contributed by atoms with Gasteiger partial charge in [-0.15, -0.1) is 12.4 Å². The minimum atomic E-state index is -0.839. The Morgan fingerprint density at radius 1 is 1.26 bits per heavy atom. The Morgan fingerprint density at radius 2 is 1.96 bits per heavy atom. The van der Waals surface area contributed by atoms with Gasteiger partial charge in [0, 0.05) is 13.6 Å². The Balaban J connectivity index is 0.00000264. The van der Waals surface area contributed by atoms with Crippen LogP contribution in [0, 0.1) is 0 Å². The van der Waals surface area contributed by atoms with Crippen LogP contribution in [0.25, 0.3) is 0 Å². The average molecular weight is 341 g/mol. The first-order valence-corrected chi connectivity index (χ1v) is 7.73. The highest BCUT2D eigenvalue weighted by Crippen LogP contribution is 2.33. The summed E-state index contributed by atoms with van der Waals surface area (Å²) in [6.45, 7) is 0.638. The number of aliphatic carboxylic acids is 1. The molecule has 0 fully saturated rings. The lowest BCUT2D eigenvalue weighted by atomic mass is 9.87. The fourth-order valence-corrected chi connectivity index (χ4v) is 3.01. The van der Waals surface area contributed by atoms with E-state index in [1.807, 2.05) is 24.1 Å². The molecule has 1 amide bonds. The highest BCUT2D eigenvalue weighted by atomic mass is 35.5. The third kappa shape index (κ3) is 5.22. The van der Waals surface area contributed by atoms with Gasteiger partial charge in [-0.2, -0.15) is 0 Å². The average Bonchev–Trinajstić information content (AvgIpc) is 2.51. The lowest BCUT2D eigenvalue weighted by Gasteiger charge is -2.34. The Bertz CT molecular complexity index is 550. The van der Waals surface area contributed by atoms with Gasteiger partial charge in [0.05, 0.1) is 19.0 Å². The van der Waals surface area contributed by atoms with Crippen LogP contribution >= 0.6 is 12.4 Å². The second-order valence-corrected chi connectivity index (χ2v) is 5.99. The lowest BCUT2D eigenvalue weighted by molar-refractivity contribution is -0.138. The summed E-state index contributed by atoms with van der Waals surface area (Å²) in [6, 6.07) is 8.44. The van der Waals surface area contributed by atoms with Gasteiger partial charge < -0.3 is 10.0 Å². The number of carbonyl (C=O) groups excluding carboxylic acids is 1. The van der Waals surface area contributed by atoms with Crippen molar-refractivity contribution in [3.05, 3.63) is 35.4 Å². The molecule has 0 saturated carbocycles. The van der Waals surface area contributed by atoms with E-state index in [9.17, 15) is 9.59 Å². The Morgan fingerprint density at radius 3 is 2.65 bits per heavy atom. The Kier molecular flexibility index (Phi) is 7.52. The second-order valence-electron chi connectivity index (χ2n) is 5.99. The first-order valence-electron chi connectivity index (χ1n) is 7.73. The summed E-state index contributed by atoms with van der Waals surface area (Å²) in [5.41, 5.74) is 2.58. The van der Waals surface area contributed by atoms with Gasteiger partial charge in [-0.05, 0) is 37.4 Å². The van der Waals surface area contributed by atoms with Gasteiger partial charge in [0.25, 0.3) is 0 Å². The fourth-order valence-electron chi connectivity index (χ4n) is 3.01. The molecule has 1 atom stereocenters. The van der Waals surface area contributed by atoms with Crippen LogP contribution in [-0.4, -0.2) is 54.0 Å². The maximum Gasteiger partial charge on any atom is 0.304 e. The number of carboxylic acids is 1. The van der Waals surface area contributed by atoms with Crippen LogP contribution in [0.15, 0.2) is 24.3 Å². The van der Waals surface area contributed by atoms with Gasteiger partial charge >= 0.3 is 5.97 Å². The van der Waals surface area contributed by atoms with Gasteiger partial charge in [0.1, 0.15) is 0 Å². The molecule has 6 heteroatoms. The van der Waals surface area contributed by atoms with Crippen LogP contribution in [0.4, 0.5) is 0 Å². The summed E-state index contributed by atoms with van der Waals surface area (Å²) in [5, 5.41) is 8.70. The third-order valence-electron chi connectivity index (χ3n) is 4.31. The third-order valence-corrected chi connectivity index (χ3v) is 4.31. The number of amides is 1. The predicted molar refractivity (Wildman–Crippen MR) is 91.9 cm³/mol. The van der Waals surface area contributed by atoms with E-state index in [1.54, 1.807) is 11.9 Å². The molecule has 1 aromatic rings. The van der Waals surface area contributed by atoms with Gasteiger partial charge in [0.2, 0.25) is 5.91 Å². The quantitative estimate of drug-likeness (QED) is 0.863. The van der Waals surface area contributed by atoms with Crippen molar-refractivity contribution in [2.75, 3.05) is 27.2 Å². The van der Waals surface area contributed by atoms with Crippen molar-refractivity contribution < 1.29 is 14.7 Å². The molecule has 0 aliphatic heterocycles. The summed E-state index contributed by atoms with van der Waals surface area (Å²) < 4.78 is 0. The molecule has 128 valence electrons. The highest BCUT2D eigenvalue weighted by Gasteiger charge is 2.26. The van der Waals surface area contributed by atoms with Gasteiger partial charge in [0.15, 0.2) is 0 Å². The van der Waals surface area contributed by atoms with Crippen molar-refractivity contribution in [3.63, 3.8) is 0 Å². The molecule has 1 aliphatic rings. The largest absolute Gasteiger partial charge is 0.481 e. The number of hydrogen-bond acceptors (Lipinski definition) is 3. The topological polar surface area (TPSA) is 60.9 Å². The highest BCUT2D eigenvalue weighted by molar-refractivity contribution is 5.85. The van der Waals surface area contributed by atoms with E-state index in [-0.39, 0.29) is 37.3 Å². The summed E-state index contributed by atoms with van der Waals surface area (Å²) in [4.78, 5) is 26.6. The minimum Gasteiger partial charge on any atom is -0.481 e. The van der Waals surface area contributed by atoms with Crippen molar-refractivity contribution in [2.45, 2.75) is 31.7 Å². The summed E-state index contributed by atoms with van der Waals surface area (Å²) in [6.07, 6.45) is 3.21. The molecule has 1 N–H and O–H groups in total. The molecular formula is C17H25ClN2O3. The molecule has 0 saturated heterocycles. The molecule has 0 spiro atoms. The molecule has 0 aromatic heterocycles. The number of benzene rings is 1. The zero-order chi connectivity index (χ0) is 16.1. The molecule has 5 nitrogen and oxygen atoms in total. The van der Waals surface area contributed by atoms with Crippen molar-refractivity contribution in [1.82, 2.24) is 9.80 Å². The van der Waals surface area contributed by atoms with Crippen LogP contribution in [0.2, 0.25) is 0 Å². The van der Waals surface area contributed by atoms with Crippen LogP contribution in [0.5, 0.6) is 0 Å². The first kappa shape index (κ1) is 19.5. The maximum atomic E-state index is 12.4. The number of rotatable bonds is 6. The number of fused-ring (bicyclic) bond motifs is 1. The minimum absolute atomic E-state index is 0. The molecule has 1 aliphatic carbocycles. The molecule has 23 heavy (non-hydrogen) atoms. The van der Waals surface area contributed by atoms with E-state index < -0.39 is 5.97 Å². The van der Waals surface area contributed by atoms with E-state index in [2.05, 4.69) is 12.1 Å². The van der Waals surface area contributed by atoms with Crippen molar-refractivity contribution in [2.24, 2.45) is 0 Å². The van der Waals surface area contributed by atoms with Crippen molar-refractivity contribution >= 4 is 24.3 Å². The van der Waals surface area contributed by atoms with E-state index in [0.29, 0.717) is 6.54 Å². The Hall–Kier alpha value is -1.59. The monoisotopic (exact) mass is 340 g/mol. The number of hydrogen-bond donors (Lipinski definition) is 1. The predicted octanol–water partition coefficient (Wildman–Crippen LogP) is 2.35. The molecule has 1 unspecified atom stereocenters. The number of nitrogens with zero attached hydrogens (tertiary/aromatic N) is 2. The number of aryl methyl sites for hydroxylation is 1. The number of likely N-dealkylation sites (N-methyl/N-ethyl adjacent to an activating group) is 2. The SMILES string of the molecule is CN(CCC(=O)O)CC(=O)N(C)C1CCCc2ccccc21.Cl. The van der Waals surface area contributed by atoms with E-state index in [1.165, 1.54) is 11.1 Å². The normalized spacial score (nSPS) is 16.4. The van der Waals surface area contributed by atoms with Gasteiger partial charge in [-0.1, -0.05) is 24.3 Å². The van der Waals surface area contributed by atoms with Crippen LogP contribution in [0.1, 0.15) is 36.4 Å². The Labute approximate surface area is 143 Å². The first-order chi connectivity index (χ1) is 10.5. The van der Waals surface area contributed by atoms with E-state index in [4.69, 9.17) is 5.11 Å². The van der Waals surface area contributed by atoms with Crippen LogP contribution < -0.4 is 0 Å². The second kappa shape index (κ2) is 8.89. The van der Waals surface area contributed by atoms with E-state index >= 15 is 0 Å². The zero-order valence-electron chi connectivity index (χ0n) is 13.7. The molecule has 0 heterocycles. The molecular weight excluding hydrogens is 316 g/mol. The van der Waals surface area contributed by atoms with Crippen LogP contribution in [0.3, 0.4) is 0 Å². The molecule has 0 radical (unpaired) electrons.